The molecule has 1 heterocycles. The van der Waals surface area contributed by atoms with Crippen molar-refractivity contribution in [2.75, 3.05) is 5.73 Å². The first kappa shape index (κ1) is 13.8. The van der Waals surface area contributed by atoms with Gasteiger partial charge in [-0.3, -0.25) is 0 Å². The zero-order valence-corrected chi connectivity index (χ0v) is 11.4. The second-order valence-electron chi connectivity index (χ2n) is 3.80. The molecule has 0 amide bonds. The Balaban J connectivity index is 2.20. The van der Waals surface area contributed by atoms with Gasteiger partial charge in [0.05, 0.1) is 0 Å². The number of pyridine rings is 1. The van der Waals surface area contributed by atoms with Gasteiger partial charge in [-0.2, -0.15) is 0 Å². The van der Waals surface area contributed by atoms with Crippen molar-refractivity contribution in [2.45, 2.75) is 11.4 Å². The Kier molecular flexibility index (Phi) is 4.04. The topological polar surface area (TPSA) is 85.1 Å². The van der Waals surface area contributed by atoms with Gasteiger partial charge in [-0.25, -0.2) is 18.1 Å². The van der Waals surface area contributed by atoms with Gasteiger partial charge < -0.3 is 5.73 Å². The number of nitrogens with one attached hydrogen (secondary N) is 1. The van der Waals surface area contributed by atoms with E-state index in [1.54, 1.807) is 24.3 Å². The van der Waals surface area contributed by atoms with Crippen LogP contribution in [-0.4, -0.2) is 13.4 Å². The van der Waals surface area contributed by atoms with Crippen LogP contribution in [0, 0.1) is 0 Å². The van der Waals surface area contributed by atoms with E-state index < -0.39 is 10.0 Å². The number of benzene rings is 1. The van der Waals surface area contributed by atoms with Crippen LogP contribution in [0.4, 0.5) is 5.82 Å². The molecule has 0 aliphatic carbocycles. The fourth-order valence-corrected chi connectivity index (χ4v) is 2.81. The van der Waals surface area contributed by atoms with E-state index in [2.05, 4.69) is 9.71 Å². The van der Waals surface area contributed by atoms with Crippen LogP contribution in [0.15, 0.2) is 47.5 Å². The zero-order valence-electron chi connectivity index (χ0n) is 9.88. The van der Waals surface area contributed by atoms with Crippen LogP contribution in [0.25, 0.3) is 0 Å². The number of rotatable bonds is 4. The van der Waals surface area contributed by atoms with E-state index in [1.807, 2.05) is 0 Å². The van der Waals surface area contributed by atoms with Gasteiger partial charge >= 0.3 is 0 Å². The summed E-state index contributed by atoms with van der Waals surface area (Å²) >= 11 is 5.96. The maximum absolute atomic E-state index is 12.1. The number of nitrogens with zero attached hydrogens (tertiary/aromatic N) is 1. The summed E-state index contributed by atoms with van der Waals surface area (Å²) in [6.45, 7) is 0.0936. The molecule has 3 N–H and O–H groups in total. The highest BCUT2D eigenvalue weighted by Crippen LogP contribution is 2.17. The third-order valence-electron chi connectivity index (χ3n) is 2.50. The van der Waals surface area contributed by atoms with Crippen LogP contribution in [0.1, 0.15) is 5.56 Å². The SMILES string of the molecule is Nc1ncccc1S(=O)(=O)NCc1ccccc1Cl. The van der Waals surface area contributed by atoms with Gasteiger partial charge in [0.2, 0.25) is 10.0 Å². The van der Waals surface area contributed by atoms with Crippen molar-refractivity contribution in [2.24, 2.45) is 0 Å². The van der Waals surface area contributed by atoms with E-state index in [4.69, 9.17) is 17.3 Å². The van der Waals surface area contributed by atoms with Gasteiger partial charge in [0.25, 0.3) is 0 Å². The molecule has 1 aromatic carbocycles. The van der Waals surface area contributed by atoms with Gasteiger partial charge in [-0.05, 0) is 23.8 Å². The normalized spacial score (nSPS) is 11.4. The predicted molar refractivity (Wildman–Crippen MR) is 74.1 cm³/mol. The van der Waals surface area contributed by atoms with Crippen molar-refractivity contribution in [3.8, 4) is 0 Å². The molecule has 0 saturated heterocycles. The fraction of sp³-hybridized carbons (Fsp3) is 0.0833. The Morgan fingerprint density at radius 1 is 1.21 bits per heavy atom. The quantitative estimate of drug-likeness (QED) is 0.901. The van der Waals surface area contributed by atoms with E-state index in [0.29, 0.717) is 10.6 Å². The monoisotopic (exact) mass is 297 g/mol. The molecule has 0 saturated carbocycles. The van der Waals surface area contributed by atoms with E-state index >= 15 is 0 Å². The van der Waals surface area contributed by atoms with Gasteiger partial charge in [0, 0.05) is 17.8 Å². The molecule has 0 atom stereocenters. The minimum Gasteiger partial charge on any atom is -0.383 e. The Hall–Kier alpha value is -1.63. The van der Waals surface area contributed by atoms with Crippen LogP contribution in [-0.2, 0) is 16.6 Å². The molecule has 7 heteroatoms. The highest BCUT2D eigenvalue weighted by atomic mass is 35.5. The van der Waals surface area contributed by atoms with E-state index in [1.165, 1.54) is 18.3 Å². The summed E-state index contributed by atoms with van der Waals surface area (Å²) in [6, 6.07) is 9.92. The van der Waals surface area contributed by atoms with Crippen LogP contribution in [0.3, 0.4) is 0 Å². The number of nitrogens with two attached hydrogens (primary N) is 1. The molecule has 0 aliphatic heterocycles. The lowest BCUT2D eigenvalue weighted by molar-refractivity contribution is 0.581. The molecule has 1 aromatic heterocycles. The van der Waals surface area contributed by atoms with Crippen molar-refractivity contribution in [1.82, 2.24) is 9.71 Å². The van der Waals surface area contributed by atoms with E-state index in [-0.39, 0.29) is 17.3 Å². The molecule has 19 heavy (non-hydrogen) atoms. The maximum atomic E-state index is 12.1. The average Bonchev–Trinajstić information content (AvgIpc) is 2.38. The summed E-state index contributed by atoms with van der Waals surface area (Å²) in [7, 11) is -3.70. The van der Waals surface area contributed by atoms with Crippen LogP contribution >= 0.6 is 11.6 Å². The summed E-state index contributed by atoms with van der Waals surface area (Å²) in [5.41, 5.74) is 6.24. The lowest BCUT2D eigenvalue weighted by Gasteiger charge is -2.09. The highest BCUT2D eigenvalue weighted by Gasteiger charge is 2.17. The largest absolute Gasteiger partial charge is 0.383 e. The van der Waals surface area contributed by atoms with Crippen LogP contribution in [0.2, 0.25) is 5.02 Å². The lowest BCUT2D eigenvalue weighted by Crippen LogP contribution is -2.24. The maximum Gasteiger partial charge on any atom is 0.244 e. The number of halogens is 1. The third kappa shape index (κ3) is 3.23. The molecule has 0 unspecified atom stereocenters. The Labute approximate surface area is 116 Å². The predicted octanol–water partition coefficient (Wildman–Crippen LogP) is 1.80. The summed E-state index contributed by atoms with van der Waals surface area (Å²) in [4.78, 5) is 3.71. The lowest BCUT2D eigenvalue weighted by atomic mass is 10.2. The molecule has 0 radical (unpaired) electrons. The first-order chi connectivity index (χ1) is 9.00. The van der Waals surface area contributed by atoms with Gasteiger partial charge in [0.15, 0.2) is 0 Å². The molecular formula is C12H12ClN3O2S. The van der Waals surface area contributed by atoms with Crippen molar-refractivity contribution < 1.29 is 8.42 Å². The van der Waals surface area contributed by atoms with Crippen molar-refractivity contribution in [3.63, 3.8) is 0 Å². The Morgan fingerprint density at radius 2 is 1.95 bits per heavy atom. The molecule has 2 aromatic rings. The Morgan fingerprint density at radius 3 is 2.63 bits per heavy atom. The smallest absolute Gasteiger partial charge is 0.244 e. The van der Waals surface area contributed by atoms with Crippen LogP contribution in [0.5, 0.6) is 0 Å². The second kappa shape index (κ2) is 5.56. The van der Waals surface area contributed by atoms with Crippen molar-refractivity contribution in [1.29, 1.82) is 0 Å². The Bertz CT molecular complexity index is 689. The number of anilines is 1. The molecule has 5 nitrogen and oxygen atoms in total. The van der Waals surface area contributed by atoms with E-state index in [0.717, 1.165) is 0 Å². The number of nitrogen functional groups attached to an aromatic ring is 1. The number of sulfonamides is 1. The average molecular weight is 298 g/mol. The summed E-state index contributed by atoms with van der Waals surface area (Å²) in [5.74, 6) is -0.0332. The molecule has 2 rings (SSSR count). The minimum atomic E-state index is -3.70. The number of aromatic nitrogens is 1. The van der Waals surface area contributed by atoms with Gasteiger partial charge in [-0.15, -0.1) is 0 Å². The first-order valence-corrected chi connectivity index (χ1v) is 7.30. The molecular weight excluding hydrogens is 286 g/mol. The highest BCUT2D eigenvalue weighted by molar-refractivity contribution is 7.89. The molecule has 0 bridgehead atoms. The summed E-state index contributed by atoms with van der Waals surface area (Å²) in [5, 5.41) is 0.504. The molecule has 100 valence electrons. The van der Waals surface area contributed by atoms with Crippen molar-refractivity contribution in [3.05, 3.63) is 53.2 Å². The molecule has 0 aliphatic rings. The molecule has 0 spiro atoms. The van der Waals surface area contributed by atoms with Gasteiger partial charge in [-0.1, -0.05) is 29.8 Å². The standard InChI is InChI=1S/C12H12ClN3O2S/c13-10-5-2-1-4-9(10)8-16-19(17,18)11-6-3-7-15-12(11)14/h1-7,16H,8H2,(H2,14,15). The fourth-order valence-electron chi connectivity index (χ4n) is 1.52. The second-order valence-corrected chi connectivity index (χ2v) is 5.95. The number of hydrogen-bond acceptors (Lipinski definition) is 4. The van der Waals surface area contributed by atoms with Crippen molar-refractivity contribution >= 4 is 27.4 Å². The zero-order chi connectivity index (χ0) is 13.9. The van der Waals surface area contributed by atoms with Crippen LogP contribution < -0.4 is 10.5 Å². The van der Waals surface area contributed by atoms with Gasteiger partial charge in [0.1, 0.15) is 10.7 Å². The molecule has 0 fully saturated rings. The summed E-state index contributed by atoms with van der Waals surface area (Å²) < 4.78 is 26.6. The first-order valence-electron chi connectivity index (χ1n) is 5.44. The third-order valence-corrected chi connectivity index (χ3v) is 4.32. The summed E-state index contributed by atoms with van der Waals surface area (Å²) in [6.07, 6.45) is 1.43. The van der Waals surface area contributed by atoms with E-state index in [9.17, 15) is 8.42 Å². The minimum absolute atomic E-state index is 0.0332. The number of hydrogen-bond donors (Lipinski definition) is 2.